The van der Waals surface area contributed by atoms with Gasteiger partial charge in [-0.25, -0.2) is 14.8 Å². The van der Waals surface area contributed by atoms with E-state index in [9.17, 15) is 14.4 Å². The molecule has 4 aromatic rings. The second-order valence-electron chi connectivity index (χ2n) is 7.06. The van der Waals surface area contributed by atoms with Crippen LogP contribution in [0.3, 0.4) is 0 Å². The highest BCUT2D eigenvalue weighted by atomic mass is 35.5. The number of rotatable bonds is 7. The summed E-state index contributed by atoms with van der Waals surface area (Å²) in [6.45, 7) is 0.0178. The molecular weight excluding hydrogens is 457 g/mol. The van der Waals surface area contributed by atoms with E-state index in [1.807, 2.05) is 12.1 Å². The predicted octanol–water partition coefficient (Wildman–Crippen LogP) is 5.13. The van der Waals surface area contributed by atoms with Gasteiger partial charge in [-0.15, -0.1) is 0 Å². The van der Waals surface area contributed by atoms with Crippen LogP contribution >= 0.6 is 11.6 Å². The van der Waals surface area contributed by atoms with Gasteiger partial charge in [0.2, 0.25) is 5.95 Å². The van der Waals surface area contributed by atoms with Crippen LogP contribution in [0.1, 0.15) is 16.7 Å². The first kappa shape index (κ1) is 22.7. The number of nitrogens with zero attached hydrogens (tertiary/aromatic N) is 3. The van der Waals surface area contributed by atoms with Gasteiger partial charge in [0.05, 0.1) is 16.9 Å². The number of hydrazone groups is 1. The number of hydrogen-bond acceptors (Lipinski definition) is 6. The molecule has 9 heteroatoms. The number of anilines is 1. The zero-order valence-corrected chi connectivity index (χ0v) is 18.4. The molecule has 168 valence electrons. The fourth-order valence-electron chi connectivity index (χ4n) is 3.11. The number of ether oxygens (including phenoxy) is 1. The fourth-order valence-corrected chi connectivity index (χ4v) is 3.30. The van der Waals surface area contributed by atoms with Gasteiger partial charge in [-0.05, 0) is 23.8 Å². The molecular formula is C25H17ClFN5O2. The summed E-state index contributed by atoms with van der Waals surface area (Å²) >= 11 is 5.80. The van der Waals surface area contributed by atoms with Gasteiger partial charge in [-0.3, -0.25) is 9.78 Å². The first-order valence-corrected chi connectivity index (χ1v) is 10.5. The van der Waals surface area contributed by atoms with Gasteiger partial charge in [-0.2, -0.15) is 10.4 Å². The molecule has 2 N–H and O–H groups in total. The Morgan fingerprint density at radius 3 is 2.74 bits per heavy atom. The fraction of sp³-hybridized carbons (Fsp3) is 0.0400. The predicted molar refractivity (Wildman–Crippen MR) is 128 cm³/mol. The SMILES string of the molecule is N#Cc1c(-c2ccccc2)nc(NN=Cc2cccc(OCc3cccc(Cl)c3F)c2)[nH]c1=O. The van der Waals surface area contributed by atoms with E-state index < -0.39 is 11.4 Å². The van der Waals surface area contributed by atoms with E-state index in [1.165, 1.54) is 12.3 Å². The van der Waals surface area contributed by atoms with Crippen LogP contribution in [0.25, 0.3) is 11.3 Å². The largest absolute Gasteiger partial charge is 0.489 e. The minimum absolute atomic E-state index is 0.0178. The molecule has 7 nitrogen and oxygen atoms in total. The number of benzene rings is 3. The van der Waals surface area contributed by atoms with Crippen molar-refractivity contribution in [2.75, 3.05) is 5.43 Å². The third kappa shape index (κ3) is 5.28. The molecule has 3 aromatic carbocycles. The Labute approximate surface area is 199 Å². The van der Waals surface area contributed by atoms with Crippen molar-refractivity contribution in [2.24, 2.45) is 5.10 Å². The molecule has 0 saturated heterocycles. The van der Waals surface area contributed by atoms with Crippen molar-refractivity contribution < 1.29 is 9.13 Å². The van der Waals surface area contributed by atoms with Crippen LogP contribution in [-0.2, 0) is 6.61 Å². The Bertz CT molecular complexity index is 1450. The van der Waals surface area contributed by atoms with Gasteiger partial charge in [0.25, 0.3) is 5.56 Å². The summed E-state index contributed by atoms with van der Waals surface area (Å²) in [7, 11) is 0. The molecule has 0 amide bonds. The number of nitrogens with one attached hydrogen (secondary N) is 2. The van der Waals surface area contributed by atoms with Crippen molar-refractivity contribution in [3.05, 3.63) is 111 Å². The summed E-state index contributed by atoms with van der Waals surface area (Å²) in [5.74, 6) is 0.0902. The van der Waals surface area contributed by atoms with Crippen LogP contribution in [0.2, 0.25) is 5.02 Å². The Kier molecular flexibility index (Phi) is 6.96. The molecule has 0 bridgehead atoms. The smallest absolute Gasteiger partial charge is 0.270 e. The summed E-state index contributed by atoms with van der Waals surface area (Å²) in [4.78, 5) is 19.1. The number of hydrogen-bond donors (Lipinski definition) is 2. The average molecular weight is 474 g/mol. The molecule has 1 heterocycles. The van der Waals surface area contributed by atoms with Gasteiger partial charge in [0.1, 0.15) is 29.8 Å². The number of halogens is 2. The quantitative estimate of drug-likeness (QED) is 0.286. The maximum Gasteiger partial charge on any atom is 0.270 e. The number of nitriles is 1. The van der Waals surface area contributed by atoms with E-state index >= 15 is 0 Å². The summed E-state index contributed by atoms with van der Waals surface area (Å²) in [6, 6.07) is 22.6. The van der Waals surface area contributed by atoms with Crippen LogP contribution in [-0.4, -0.2) is 16.2 Å². The second-order valence-corrected chi connectivity index (χ2v) is 7.47. The molecule has 1 aromatic heterocycles. The maximum atomic E-state index is 14.0. The lowest BCUT2D eigenvalue weighted by molar-refractivity contribution is 0.300. The molecule has 0 radical (unpaired) electrons. The van der Waals surface area contributed by atoms with Crippen molar-refractivity contribution in [1.29, 1.82) is 5.26 Å². The molecule has 0 atom stereocenters. The van der Waals surface area contributed by atoms with Gasteiger partial charge < -0.3 is 4.74 Å². The molecule has 0 saturated carbocycles. The van der Waals surface area contributed by atoms with E-state index in [-0.39, 0.29) is 28.8 Å². The number of aromatic nitrogens is 2. The molecule has 0 aliphatic carbocycles. The molecule has 4 rings (SSSR count). The number of H-pyrrole nitrogens is 1. The van der Waals surface area contributed by atoms with Crippen molar-refractivity contribution in [1.82, 2.24) is 9.97 Å². The van der Waals surface area contributed by atoms with Gasteiger partial charge in [0.15, 0.2) is 0 Å². The van der Waals surface area contributed by atoms with Crippen LogP contribution in [0.15, 0.2) is 82.7 Å². The monoisotopic (exact) mass is 473 g/mol. The first-order chi connectivity index (χ1) is 16.5. The third-order valence-corrected chi connectivity index (χ3v) is 5.04. The van der Waals surface area contributed by atoms with Gasteiger partial charge >= 0.3 is 0 Å². The molecule has 0 aliphatic heterocycles. The average Bonchev–Trinajstić information content (AvgIpc) is 2.85. The van der Waals surface area contributed by atoms with E-state index in [2.05, 4.69) is 20.5 Å². The molecule has 0 spiro atoms. The summed E-state index contributed by atoms with van der Waals surface area (Å²) < 4.78 is 19.7. The lowest BCUT2D eigenvalue weighted by atomic mass is 10.1. The third-order valence-electron chi connectivity index (χ3n) is 4.75. The minimum Gasteiger partial charge on any atom is -0.489 e. The summed E-state index contributed by atoms with van der Waals surface area (Å²) in [5.41, 5.74) is 3.95. The summed E-state index contributed by atoms with van der Waals surface area (Å²) in [5, 5.41) is 13.5. The Balaban J connectivity index is 1.48. The number of aromatic amines is 1. The Hall–Kier alpha value is -4.48. The molecule has 34 heavy (non-hydrogen) atoms. The Morgan fingerprint density at radius 2 is 1.94 bits per heavy atom. The first-order valence-electron chi connectivity index (χ1n) is 10.1. The van der Waals surface area contributed by atoms with E-state index in [1.54, 1.807) is 60.7 Å². The second kappa shape index (κ2) is 10.4. The Morgan fingerprint density at radius 1 is 1.15 bits per heavy atom. The van der Waals surface area contributed by atoms with Crippen molar-refractivity contribution in [3.63, 3.8) is 0 Å². The molecule has 0 aliphatic rings. The van der Waals surface area contributed by atoms with Gasteiger partial charge in [-0.1, -0.05) is 66.2 Å². The van der Waals surface area contributed by atoms with Crippen LogP contribution in [0.5, 0.6) is 5.75 Å². The van der Waals surface area contributed by atoms with Gasteiger partial charge in [0, 0.05) is 11.1 Å². The highest BCUT2D eigenvalue weighted by molar-refractivity contribution is 6.30. The maximum absolute atomic E-state index is 14.0. The highest BCUT2D eigenvalue weighted by Crippen LogP contribution is 2.21. The molecule has 0 unspecified atom stereocenters. The summed E-state index contributed by atoms with van der Waals surface area (Å²) in [6.07, 6.45) is 1.51. The zero-order valence-electron chi connectivity index (χ0n) is 17.6. The standard InChI is InChI=1S/C25H17ClFN5O2/c26-21-11-5-9-18(22(21)27)15-34-19-10-4-6-16(12-19)14-29-32-25-30-23(17-7-2-1-3-8-17)20(13-28)24(33)31-25/h1-12,14H,15H2,(H2,30,31,32,33). The molecule has 0 fully saturated rings. The topological polar surface area (TPSA) is 103 Å². The van der Waals surface area contributed by atoms with Crippen molar-refractivity contribution >= 4 is 23.8 Å². The minimum atomic E-state index is -0.572. The van der Waals surface area contributed by atoms with Crippen LogP contribution in [0.4, 0.5) is 10.3 Å². The van der Waals surface area contributed by atoms with E-state index in [0.29, 0.717) is 22.4 Å². The van der Waals surface area contributed by atoms with Crippen LogP contribution < -0.4 is 15.7 Å². The normalized spacial score (nSPS) is 10.7. The van der Waals surface area contributed by atoms with E-state index in [4.69, 9.17) is 16.3 Å². The van der Waals surface area contributed by atoms with Crippen molar-refractivity contribution in [3.8, 4) is 23.1 Å². The lowest BCUT2D eigenvalue weighted by Crippen LogP contribution is -2.16. The van der Waals surface area contributed by atoms with Crippen molar-refractivity contribution in [2.45, 2.75) is 6.61 Å². The highest BCUT2D eigenvalue weighted by Gasteiger charge is 2.13. The zero-order chi connectivity index (χ0) is 23.9. The van der Waals surface area contributed by atoms with E-state index in [0.717, 1.165) is 0 Å². The van der Waals surface area contributed by atoms with Crippen LogP contribution in [0, 0.1) is 17.1 Å². The lowest BCUT2D eigenvalue weighted by Gasteiger charge is -2.08.